The normalized spacial score (nSPS) is 10.4. The summed E-state index contributed by atoms with van der Waals surface area (Å²) in [6.45, 7) is 1.81. The lowest BCUT2D eigenvalue weighted by molar-refractivity contribution is 0.432. The number of halogens is 1. The number of hydrogen-bond acceptors (Lipinski definition) is 2. The molecule has 3 nitrogen and oxygen atoms in total. The van der Waals surface area contributed by atoms with Crippen molar-refractivity contribution in [1.82, 2.24) is 4.57 Å². The fraction of sp³-hybridized carbons (Fsp3) is 0.0833. The van der Waals surface area contributed by atoms with Gasteiger partial charge in [0.15, 0.2) is 11.6 Å². The van der Waals surface area contributed by atoms with Crippen LogP contribution in [0.2, 0.25) is 0 Å². The molecule has 0 amide bonds. The molecule has 1 N–H and O–H groups in total. The van der Waals surface area contributed by atoms with E-state index in [0.717, 1.165) is 11.6 Å². The lowest BCUT2D eigenvalue weighted by atomic mass is 10.2. The molecule has 1 heterocycles. The summed E-state index contributed by atoms with van der Waals surface area (Å²) in [6.07, 6.45) is 1.57. The van der Waals surface area contributed by atoms with Crippen LogP contribution in [-0.2, 0) is 0 Å². The zero-order chi connectivity index (χ0) is 11.7. The van der Waals surface area contributed by atoms with Gasteiger partial charge in [0.1, 0.15) is 0 Å². The molecule has 0 saturated carbocycles. The van der Waals surface area contributed by atoms with E-state index in [0.29, 0.717) is 5.69 Å². The van der Waals surface area contributed by atoms with Crippen LogP contribution < -0.4 is 5.56 Å². The number of phenolic OH excluding ortho intramolecular Hbond substituents is 1. The molecule has 1 aromatic carbocycles. The molecule has 0 unspecified atom stereocenters. The van der Waals surface area contributed by atoms with Gasteiger partial charge in [-0.2, -0.15) is 0 Å². The Bertz CT molecular complexity index is 590. The Hall–Kier alpha value is -2.10. The SMILES string of the molecule is Cc1ccn(-c2ccc(O)c(F)c2)c(=O)c1. The molecule has 0 aliphatic heterocycles. The maximum atomic E-state index is 13.1. The van der Waals surface area contributed by atoms with E-state index in [-0.39, 0.29) is 5.56 Å². The van der Waals surface area contributed by atoms with E-state index in [1.165, 1.54) is 22.8 Å². The topological polar surface area (TPSA) is 42.2 Å². The number of aryl methyl sites for hydroxylation is 1. The summed E-state index contributed by atoms with van der Waals surface area (Å²) in [5.74, 6) is -1.17. The maximum absolute atomic E-state index is 13.1. The zero-order valence-corrected chi connectivity index (χ0v) is 8.64. The van der Waals surface area contributed by atoms with Crippen molar-refractivity contribution in [3.05, 3.63) is 58.3 Å². The van der Waals surface area contributed by atoms with Crippen LogP contribution in [0.3, 0.4) is 0 Å². The van der Waals surface area contributed by atoms with Gasteiger partial charge in [-0.15, -0.1) is 0 Å². The molecule has 1 aromatic heterocycles. The van der Waals surface area contributed by atoms with E-state index in [1.54, 1.807) is 12.3 Å². The molecule has 4 heteroatoms. The van der Waals surface area contributed by atoms with Gasteiger partial charge in [-0.3, -0.25) is 9.36 Å². The van der Waals surface area contributed by atoms with Crippen molar-refractivity contribution in [1.29, 1.82) is 0 Å². The van der Waals surface area contributed by atoms with Crippen LogP contribution in [0.25, 0.3) is 5.69 Å². The van der Waals surface area contributed by atoms with Crippen molar-refractivity contribution in [2.75, 3.05) is 0 Å². The average Bonchev–Trinajstić information content (AvgIpc) is 2.22. The molecule has 0 saturated heterocycles. The van der Waals surface area contributed by atoms with E-state index in [4.69, 9.17) is 5.11 Å². The van der Waals surface area contributed by atoms with Crippen LogP contribution in [-0.4, -0.2) is 9.67 Å². The standard InChI is InChI=1S/C12H10FNO2/c1-8-4-5-14(12(16)6-8)9-2-3-11(15)10(13)7-9/h2-7,15H,1H3. The molecule has 0 radical (unpaired) electrons. The molecule has 2 aromatic rings. The number of pyridine rings is 1. The first-order valence-corrected chi connectivity index (χ1v) is 4.76. The summed E-state index contributed by atoms with van der Waals surface area (Å²) in [5, 5.41) is 9.04. The number of rotatable bonds is 1. The fourth-order valence-corrected chi connectivity index (χ4v) is 1.44. The van der Waals surface area contributed by atoms with Gasteiger partial charge in [-0.05, 0) is 30.7 Å². The van der Waals surface area contributed by atoms with Gasteiger partial charge in [0, 0.05) is 18.3 Å². The summed E-state index contributed by atoms with van der Waals surface area (Å²) in [6, 6.07) is 7.04. The summed E-state index contributed by atoms with van der Waals surface area (Å²) in [5.41, 5.74) is 1.01. The molecule has 2 rings (SSSR count). The highest BCUT2D eigenvalue weighted by Gasteiger charge is 2.04. The minimum Gasteiger partial charge on any atom is -0.505 e. The van der Waals surface area contributed by atoms with Gasteiger partial charge in [0.25, 0.3) is 5.56 Å². The lowest BCUT2D eigenvalue weighted by Crippen LogP contribution is -2.16. The van der Waals surface area contributed by atoms with Gasteiger partial charge in [0.05, 0.1) is 5.69 Å². The quantitative estimate of drug-likeness (QED) is 0.797. The molecule has 0 aliphatic rings. The molecule has 16 heavy (non-hydrogen) atoms. The van der Waals surface area contributed by atoms with E-state index >= 15 is 0 Å². The van der Waals surface area contributed by atoms with Crippen molar-refractivity contribution in [3.63, 3.8) is 0 Å². The Labute approximate surface area is 91.4 Å². The Morgan fingerprint density at radius 3 is 2.62 bits per heavy atom. The second-order valence-electron chi connectivity index (χ2n) is 3.55. The third-order valence-corrected chi connectivity index (χ3v) is 2.28. The van der Waals surface area contributed by atoms with Crippen molar-refractivity contribution in [2.24, 2.45) is 0 Å². The van der Waals surface area contributed by atoms with E-state index in [1.807, 2.05) is 6.92 Å². The number of phenols is 1. The second kappa shape index (κ2) is 3.81. The van der Waals surface area contributed by atoms with Crippen LogP contribution in [0.5, 0.6) is 5.75 Å². The first kappa shape index (κ1) is 10.4. The lowest BCUT2D eigenvalue weighted by Gasteiger charge is -2.06. The number of aromatic nitrogens is 1. The highest BCUT2D eigenvalue weighted by atomic mass is 19.1. The maximum Gasteiger partial charge on any atom is 0.255 e. The van der Waals surface area contributed by atoms with E-state index in [9.17, 15) is 9.18 Å². The molecule has 0 fully saturated rings. The fourth-order valence-electron chi connectivity index (χ4n) is 1.44. The first-order valence-electron chi connectivity index (χ1n) is 4.76. The zero-order valence-electron chi connectivity index (χ0n) is 8.64. The molecular formula is C12H10FNO2. The summed E-state index contributed by atoms with van der Waals surface area (Å²) in [7, 11) is 0. The number of benzene rings is 1. The molecule has 82 valence electrons. The minimum atomic E-state index is -0.745. The van der Waals surface area contributed by atoms with Crippen molar-refractivity contribution in [2.45, 2.75) is 6.92 Å². The van der Waals surface area contributed by atoms with Crippen molar-refractivity contribution < 1.29 is 9.50 Å². The second-order valence-corrected chi connectivity index (χ2v) is 3.55. The largest absolute Gasteiger partial charge is 0.505 e. The van der Waals surface area contributed by atoms with Crippen LogP contribution in [0, 0.1) is 12.7 Å². The van der Waals surface area contributed by atoms with Crippen LogP contribution in [0.4, 0.5) is 4.39 Å². The highest BCUT2D eigenvalue weighted by molar-refractivity contribution is 5.38. The predicted molar refractivity (Wildman–Crippen MR) is 58.4 cm³/mol. The smallest absolute Gasteiger partial charge is 0.255 e. The first-order chi connectivity index (χ1) is 7.58. The highest BCUT2D eigenvalue weighted by Crippen LogP contribution is 2.17. The monoisotopic (exact) mass is 219 g/mol. The van der Waals surface area contributed by atoms with E-state index in [2.05, 4.69) is 0 Å². The van der Waals surface area contributed by atoms with Crippen molar-refractivity contribution >= 4 is 0 Å². The van der Waals surface area contributed by atoms with Gasteiger partial charge in [-0.25, -0.2) is 4.39 Å². The molecule has 0 spiro atoms. The third-order valence-electron chi connectivity index (χ3n) is 2.28. The van der Waals surface area contributed by atoms with Crippen LogP contribution in [0.1, 0.15) is 5.56 Å². The molecule has 0 bridgehead atoms. The molecule has 0 aliphatic carbocycles. The van der Waals surface area contributed by atoms with Gasteiger partial charge < -0.3 is 5.11 Å². The molecular weight excluding hydrogens is 209 g/mol. The van der Waals surface area contributed by atoms with Crippen molar-refractivity contribution in [3.8, 4) is 11.4 Å². The minimum absolute atomic E-state index is 0.231. The average molecular weight is 219 g/mol. The number of aromatic hydroxyl groups is 1. The van der Waals surface area contributed by atoms with Gasteiger partial charge in [0.2, 0.25) is 0 Å². The van der Waals surface area contributed by atoms with E-state index < -0.39 is 11.6 Å². The number of hydrogen-bond donors (Lipinski definition) is 1. The van der Waals surface area contributed by atoms with Gasteiger partial charge >= 0.3 is 0 Å². The summed E-state index contributed by atoms with van der Waals surface area (Å²) >= 11 is 0. The summed E-state index contributed by atoms with van der Waals surface area (Å²) in [4.78, 5) is 11.6. The predicted octanol–water partition coefficient (Wildman–Crippen LogP) is 1.99. The van der Waals surface area contributed by atoms with Crippen LogP contribution in [0.15, 0.2) is 41.3 Å². The molecule has 0 atom stereocenters. The Kier molecular flexibility index (Phi) is 2.48. The Balaban J connectivity index is 2.59. The Morgan fingerprint density at radius 2 is 2.00 bits per heavy atom. The third kappa shape index (κ3) is 1.82. The number of nitrogens with zero attached hydrogens (tertiary/aromatic N) is 1. The van der Waals surface area contributed by atoms with Gasteiger partial charge in [-0.1, -0.05) is 0 Å². The summed E-state index contributed by atoms with van der Waals surface area (Å²) < 4.78 is 14.4. The van der Waals surface area contributed by atoms with Crippen LogP contribution >= 0.6 is 0 Å². The Morgan fingerprint density at radius 1 is 1.25 bits per heavy atom.